The molecule has 1 saturated carbocycles. The van der Waals surface area contributed by atoms with Crippen LogP contribution in [0.3, 0.4) is 0 Å². The fourth-order valence-corrected chi connectivity index (χ4v) is 4.32. The van der Waals surface area contributed by atoms with Gasteiger partial charge < -0.3 is 5.43 Å². The van der Waals surface area contributed by atoms with Crippen molar-refractivity contribution < 1.29 is 13.3 Å². The van der Waals surface area contributed by atoms with Crippen molar-refractivity contribution in [3.63, 3.8) is 0 Å². The molecule has 1 aromatic heterocycles. The van der Waals surface area contributed by atoms with Gasteiger partial charge in [0, 0.05) is 12.6 Å². The van der Waals surface area contributed by atoms with E-state index in [2.05, 4.69) is 10.1 Å². The van der Waals surface area contributed by atoms with E-state index in [1.165, 1.54) is 0 Å². The number of thiophene rings is 1. The summed E-state index contributed by atoms with van der Waals surface area (Å²) >= 11 is 0.745. The van der Waals surface area contributed by atoms with Crippen molar-refractivity contribution in [3.8, 4) is 0 Å². The van der Waals surface area contributed by atoms with Crippen LogP contribution in [0.25, 0.3) is 0 Å². The summed E-state index contributed by atoms with van der Waals surface area (Å²) in [5, 5.41) is 10.8. The summed E-state index contributed by atoms with van der Waals surface area (Å²) in [5.74, 6) is 5.16. The molecule has 10 heteroatoms. The van der Waals surface area contributed by atoms with E-state index in [4.69, 9.17) is 5.84 Å². The molecular formula is C10H16N4O4S2. The molecule has 2 rings (SSSR count). The number of nitro groups is 1. The normalized spacial score (nSPS) is 16.9. The van der Waals surface area contributed by atoms with Crippen molar-refractivity contribution in [2.75, 3.05) is 12.0 Å². The first-order valence-electron chi connectivity index (χ1n) is 6.08. The highest BCUT2D eigenvalue weighted by atomic mass is 32.2. The minimum atomic E-state index is -3.74. The zero-order valence-electron chi connectivity index (χ0n) is 10.9. The third-order valence-electron chi connectivity index (χ3n) is 3.63. The molecule has 0 atom stereocenters. The lowest BCUT2D eigenvalue weighted by molar-refractivity contribution is -0.383. The van der Waals surface area contributed by atoms with Crippen molar-refractivity contribution in [2.24, 2.45) is 11.3 Å². The lowest BCUT2D eigenvalue weighted by Crippen LogP contribution is -2.29. The smallest absolute Gasteiger partial charge is 0.306 e. The predicted octanol–water partition coefficient (Wildman–Crippen LogP) is 1.41. The maximum absolute atomic E-state index is 12.1. The third-order valence-corrected chi connectivity index (χ3v) is 6.56. The average Bonchev–Trinajstić information content (AvgIpc) is 3.05. The second kappa shape index (κ2) is 5.28. The highest BCUT2D eigenvalue weighted by Gasteiger charge is 2.41. The highest BCUT2D eigenvalue weighted by Crippen LogP contribution is 2.48. The fraction of sp³-hybridized carbons (Fsp3) is 0.600. The van der Waals surface area contributed by atoms with Crippen LogP contribution in [0.2, 0.25) is 0 Å². The maximum atomic E-state index is 12.1. The Balaban J connectivity index is 2.19. The van der Waals surface area contributed by atoms with Crippen molar-refractivity contribution in [1.29, 1.82) is 0 Å². The van der Waals surface area contributed by atoms with Crippen molar-refractivity contribution in [3.05, 3.63) is 16.2 Å². The third kappa shape index (κ3) is 2.92. The Labute approximate surface area is 120 Å². The van der Waals surface area contributed by atoms with Gasteiger partial charge in [-0.3, -0.25) is 10.1 Å². The fourth-order valence-electron chi connectivity index (χ4n) is 1.88. The zero-order chi connectivity index (χ0) is 15.0. The van der Waals surface area contributed by atoms with Gasteiger partial charge in [0.1, 0.15) is 4.21 Å². The lowest BCUT2D eigenvalue weighted by Gasteiger charge is -2.12. The molecule has 8 nitrogen and oxygen atoms in total. The Bertz CT molecular complexity index is 621. The topological polar surface area (TPSA) is 127 Å². The Morgan fingerprint density at radius 1 is 1.55 bits per heavy atom. The number of nitrogens with zero attached hydrogens (tertiary/aromatic N) is 1. The van der Waals surface area contributed by atoms with Gasteiger partial charge in [-0.2, -0.15) is 0 Å². The van der Waals surface area contributed by atoms with Crippen LogP contribution in [0.5, 0.6) is 0 Å². The van der Waals surface area contributed by atoms with Gasteiger partial charge >= 0.3 is 5.69 Å². The molecule has 1 aliphatic carbocycles. The Morgan fingerprint density at radius 3 is 2.60 bits per heavy atom. The lowest BCUT2D eigenvalue weighted by atomic mass is 10.1. The average molecular weight is 320 g/mol. The molecule has 0 spiro atoms. The predicted molar refractivity (Wildman–Crippen MR) is 75.9 cm³/mol. The summed E-state index contributed by atoms with van der Waals surface area (Å²) in [6.07, 6.45) is 2.92. The Kier molecular flexibility index (Phi) is 4.00. The standard InChI is InChI=1S/C10H16N4O4S2/c1-2-10(3-4-10)6-12-20(17,18)8-5-7(14(15)16)9(13-11)19-8/h5,12-13H,2-4,6,11H2,1H3. The maximum Gasteiger partial charge on any atom is 0.306 e. The first kappa shape index (κ1) is 15.2. The number of hydrogen-bond donors (Lipinski definition) is 3. The molecule has 0 aromatic carbocycles. The molecule has 0 bridgehead atoms. The summed E-state index contributed by atoms with van der Waals surface area (Å²) in [7, 11) is -3.74. The number of sulfonamides is 1. The van der Waals surface area contributed by atoms with Crippen LogP contribution in [-0.4, -0.2) is 19.9 Å². The van der Waals surface area contributed by atoms with Gasteiger partial charge in [-0.25, -0.2) is 19.0 Å². The van der Waals surface area contributed by atoms with Crippen molar-refractivity contribution >= 4 is 32.0 Å². The van der Waals surface area contributed by atoms with Gasteiger partial charge in [0.25, 0.3) is 0 Å². The van der Waals surface area contributed by atoms with E-state index in [1.807, 2.05) is 6.92 Å². The van der Waals surface area contributed by atoms with Gasteiger partial charge in [-0.1, -0.05) is 18.3 Å². The molecular weight excluding hydrogens is 304 g/mol. The SMILES string of the molecule is CCC1(CNS(=O)(=O)c2cc([N+](=O)[O-])c(NN)s2)CC1. The molecule has 0 saturated heterocycles. The van der Waals surface area contributed by atoms with E-state index < -0.39 is 14.9 Å². The second-order valence-corrected chi connectivity index (χ2v) is 7.91. The van der Waals surface area contributed by atoms with E-state index >= 15 is 0 Å². The highest BCUT2D eigenvalue weighted by molar-refractivity contribution is 7.91. The number of nitrogen functional groups attached to an aromatic ring is 1. The van der Waals surface area contributed by atoms with Crippen molar-refractivity contribution in [2.45, 2.75) is 30.4 Å². The van der Waals surface area contributed by atoms with Crippen LogP contribution in [0, 0.1) is 15.5 Å². The van der Waals surface area contributed by atoms with Gasteiger partial charge in [0.2, 0.25) is 10.0 Å². The molecule has 0 radical (unpaired) electrons. The number of rotatable bonds is 7. The quantitative estimate of drug-likeness (QED) is 0.396. The van der Waals surface area contributed by atoms with Gasteiger partial charge in [-0.15, -0.1) is 0 Å². The number of anilines is 1. The van der Waals surface area contributed by atoms with Crippen LogP contribution in [0.1, 0.15) is 26.2 Å². The number of nitrogens with two attached hydrogens (primary N) is 1. The summed E-state index contributed by atoms with van der Waals surface area (Å²) in [4.78, 5) is 10.1. The van der Waals surface area contributed by atoms with E-state index in [0.29, 0.717) is 6.54 Å². The van der Waals surface area contributed by atoms with Crippen LogP contribution < -0.4 is 16.0 Å². The van der Waals surface area contributed by atoms with Crippen LogP contribution in [0.4, 0.5) is 10.7 Å². The van der Waals surface area contributed by atoms with E-state index in [9.17, 15) is 18.5 Å². The Morgan fingerprint density at radius 2 is 2.20 bits per heavy atom. The molecule has 0 amide bonds. The zero-order valence-corrected chi connectivity index (χ0v) is 12.5. The molecule has 1 aliphatic rings. The first-order chi connectivity index (χ1) is 9.33. The largest absolute Gasteiger partial charge is 0.310 e. The van der Waals surface area contributed by atoms with Crippen LogP contribution in [0.15, 0.2) is 10.3 Å². The number of hydrogen-bond acceptors (Lipinski definition) is 7. The van der Waals surface area contributed by atoms with Gasteiger partial charge in [-0.05, 0) is 24.7 Å². The number of hydrazine groups is 1. The minimum Gasteiger partial charge on any atom is -0.310 e. The molecule has 1 fully saturated rings. The molecule has 0 unspecified atom stereocenters. The summed E-state index contributed by atoms with van der Waals surface area (Å²) in [6.45, 7) is 2.39. The molecule has 1 heterocycles. The summed E-state index contributed by atoms with van der Waals surface area (Å²) in [6, 6.07) is 1.02. The molecule has 112 valence electrons. The first-order valence-corrected chi connectivity index (χ1v) is 8.38. The number of nitrogens with one attached hydrogen (secondary N) is 2. The van der Waals surface area contributed by atoms with Crippen LogP contribution >= 0.6 is 11.3 Å². The molecule has 1 aromatic rings. The molecule has 0 aliphatic heterocycles. The van der Waals surface area contributed by atoms with E-state index in [-0.39, 0.29) is 20.3 Å². The van der Waals surface area contributed by atoms with Gasteiger partial charge in [0.05, 0.1) is 4.92 Å². The van der Waals surface area contributed by atoms with Crippen LogP contribution in [-0.2, 0) is 10.0 Å². The van der Waals surface area contributed by atoms with Crippen molar-refractivity contribution in [1.82, 2.24) is 4.72 Å². The van der Waals surface area contributed by atoms with E-state index in [0.717, 1.165) is 36.7 Å². The Hall–Kier alpha value is -1.23. The summed E-state index contributed by atoms with van der Waals surface area (Å²) < 4.78 is 26.7. The second-order valence-electron chi connectivity index (χ2n) is 4.86. The summed E-state index contributed by atoms with van der Waals surface area (Å²) in [5.41, 5.74) is 1.87. The van der Waals surface area contributed by atoms with Gasteiger partial charge in [0.15, 0.2) is 5.00 Å². The monoisotopic (exact) mass is 320 g/mol. The van der Waals surface area contributed by atoms with E-state index in [1.54, 1.807) is 0 Å². The molecule has 4 N–H and O–H groups in total. The molecule has 20 heavy (non-hydrogen) atoms. The minimum absolute atomic E-state index is 0.0204.